The van der Waals surface area contributed by atoms with E-state index in [1.165, 1.54) is 0 Å². The molecule has 0 bridgehead atoms. The summed E-state index contributed by atoms with van der Waals surface area (Å²) in [5, 5.41) is 10.9. The van der Waals surface area contributed by atoms with Gasteiger partial charge in [0.25, 0.3) is 0 Å². The van der Waals surface area contributed by atoms with Crippen molar-refractivity contribution in [2.24, 2.45) is 0 Å². The lowest BCUT2D eigenvalue weighted by Gasteiger charge is -2.35. The maximum atomic E-state index is 10.3. The molecule has 1 fully saturated rings. The van der Waals surface area contributed by atoms with Gasteiger partial charge in [-0.25, -0.2) is 0 Å². The monoisotopic (exact) mass is 292 g/mol. The van der Waals surface area contributed by atoms with Crippen LogP contribution in [0.5, 0.6) is 0 Å². The van der Waals surface area contributed by atoms with Gasteiger partial charge in [-0.1, -0.05) is 29.8 Å². The standard InChI is InChI=1S/C16H21ClN2O/c1-2-3-8-18-9-11-19(12-10-18)13-16(20)14-6-4-5-7-15(14)17/h1,4-7,16,20H,3,8-13H2. The van der Waals surface area contributed by atoms with E-state index in [1.807, 2.05) is 24.3 Å². The van der Waals surface area contributed by atoms with Gasteiger partial charge in [0, 0.05) is 56.3 Å². The molecule has 4 heteroatoms. The Morgan fingerprint density at radius 3 is 2.50 bits per heavy atom. The molecular weight excluding hydrogens is 272 g/mol. The van der Waals surface area contributed by atoms with E-state index in [1.54, 1.807) is 0 Å². The molecule has 1 saturated heterocycles. The summed E-state index contributed by atoms with van der Waals surface area (Å²) in [6.45, 7) is 5.55. The van der Waals surface area contributed by atoms with E-state index >= 15 is 0 Å². The van der Waals surface area contributed by atoms with Crippen molar-refractivity contribution >= 4 is 11.6 Å². The number of terminal acetylenes is 1. The number of hydrogen-bond donors (Lipinski definition) is 1. The number of hydrogen-bond acceptors (Lipinski definition) is 3. The van der Waals surface area contributed by atoms with Crippen molar-refractivity contribution in [2.45, 2.75) is 12.5 Å². The average molecular weight is 293 g/mol. The Labute approximate surface area is 126 Å². The van der Waals surface area contributed by atoms with Crippen molar-refractivity contribution < 1.29 is 5.11 Å². The highest BCUT2D eigenvalue weighted by atomic mass is 35.5. The maximum absolute atomic E-state index is 10.3. The summed E-state index contributed by atoms with van der Waals surface area (Å²) in [4.78, 5) is 4.65. The highest BCUT2D eigenvalue weighted by Gasteiger charge is 2.20. The van der Waals surface area contributed by atoms with Crippen LogP contribution in [-0.2, 0) is 0 Å². The highest BCUT2D eigenvalue weighted by Crippen LogP contribution is 2.23. The Kier molecular flexibility index (Phi) is 5.87. The van der Waals surface area contributed by atoms with Gasteiger partial charge in [-0.3, -0.25) is 9.80 Å². The fourth-order valence-electron chi connectivity index (χ4n) is 2.51. The number of aliphatic hydroxyl groups excluding tert-OH is 1. The Hall–Kier alpha value is -1.05. The molecule has 2 rings (SSSR count). The van der Waals surface area contributed by atoms with Gasteiger partial charge in [0.15, 0.2) is 0 Å². The number of benzene rings is 1. The number of rotatable bonds is 5. The molecule has 3 nitrogen and oxygen atoms in total. The maximum Gasteiger partial charge on any atom is 0.0931 e. The zero-order valence-electron chi connectivity index (χ0n) is 11.6. The molecule has 1 atom stereocenters. The summed E-state index contributed by atoms with van der Waals surface area (Å²) in [5.41, 5.74) is 0.809. The molecule has 0 saturated carbocycles. The summed E-state index contributed by atoms with van der Waals surface area (Å²) >= 11 is 6.11. The minimum Gasteiger partial charge on any atom is -0.387 e. The number of halogens is 1. The van der Waals surface area contributed by atoms with Crippen LogP contribution < -0.4 is 0 Å². The van der Waals surface area contributed by atoms with Crippen molar-refractivity contribution in [3.63, 3.8) is 0 Å². The summed E-state index contributed by atoms with van der Waals surface area (Å²) in [6.07, 6.45) is 5.57. The lowest BCUT2D eigenvalue weighted by molar-refractivity contribution is 0.0734. The first-order valence-corrected chi connectivity index (χ1v) is 7.39. The normalized spacial score (nSPS) is 18.6. The zero-order valence-corrected chi connectivity index (χ0v) is 12.4. The molecule has 0 aromatic heterocycles. The van der Waals surface area contributed by atoms with Crippen LogP contribution in [0.15, 0.2) is 24.3 Å². The Morgan fingerprint density at radius 2 is 1.85 bits per heavy atom. The van der Waals surface area contributed by atoms with Crippen molar-refractivity contribution in [3.05, 3.63) is 34.9 Å². The Balaban J connectivity index is 1.81. The van der Waals surface area contributed by atoms with Gasteiger partial charge in [-0.05, 0) is 6.07 Å². The fourth-order valence-corrected chi connectivity index (χ4v) is 2.77. The van der Waals surface area contributed by atoms with Gasteiger partial charge >= 0.3 is 0 Å². The molecule has 1 aromatic carbocycles. The van der Waals surface area contributed by atoms with E-state index < -0.39 is 6.10 Å². The minimum absolute atomic E-state index is 0.527. The van der Waals surface area contributed by atoms with Gasteiger partial charge < -0.3 is 5.11 Å². The topological polar surface area (TPSA) is 26.7 Å². The van der Waals surface area contributed by atoms with Gasteiger partial charge in [0.05, 0.1) is 6.10 Å². The van der Waals surface area contributed by atoms with Gasteiger partial charge in [0.2, 0.25) is 0 Å². The van der Waals surface area contributed by atoms with E-state index in [-0.39, 0.29) is 0 Å². The predicted octanol–water partition coefficient (Wildman–Crippen LogP) is 2.01. The first-order chi connectivity index (χ1) is 9.70. The molecule has 0 aliphatic carbocycles. The second kappa shape index (κ2) is 7.66. The largest absolute Gasteiger partial charge is 0.387 e. The molecule has 1 aromatic rings. The van der Waals surface area contributed by atoms with E-state index in [0.29, 0.717) is 11.6 Å². The molecular formula is C16H21ClN2O. The van der Waals surface area contributed by atoms with Crippen LogP contribution in [0.25, 0.3) is 0 Å². The van der Waals surface area contributed by atoms with Crippen LogP contribution >= 0.6 is 11.6 Å². The van der Waals surface area contributed by atoms with E-state index in [4.69, 9.17) is 18.0 Å². The van der Waals surface area contributed by atoms with Crippen LogP contribution in [0.4, 0.5) is 0 Å². The lowest BCUT2D eigenvalue weighted by Crippen LogP contribution is -2.47. The molecule has 1 N–H and O–H groups in total. The molecule has 108 valence electrons. The molecule has 1 aliphatic rings. The molecule has 0 radical (unpaired) electrons. The first kappa shape index (κ1) is 15.3. The quantitative estimate of drug-likeness (QED) is 0.841. The Morgan fingerprint density at radius 1 is 1.20 bits per heavy atom. The third kappa shape index (κ3) is 4.22. The van der Waals surface area contributed by atoms with Crippen molar-refractivity contribution in [2.75, 3.05) is 39.3 Å². The molecule has 1 heterocycles. The minimum atomic E-state index is -0.527. The van der Waals surface area contributed by atoms with Crippen LogP contribution in [0, 0.1) is 12.3 Å². The van der Waals surface area contributed by atoms with Crippen molar-refractivity contribution in [1.82, 2.24) is 9.80 Å². The number of nitrogens with zero attached hydrogens (tertiary/aromatic N) is 2. The average Bonchev–Trinajstić information content (AvgIpc) is 2.47. The summed E-state index contributed by atoms with van der Waals surface area (Å²) in [7, 11) is 0. The van der Waals surface area contributed by atoms with Crippen molar-refractivity contribution in [1.29, 1.82) is 0 Å². The molecule has 1 aliphatic heterocycles. The van der Waals surface area contributed by atoms with Crippen molar-refractivity contribution in [3.8, 4) is 12.3 Å². The summed E-state index contributed by atoms with van der Waals surface area (Å²) in [5.74, 6) is 2.68. The van der Waals surface area contributed by atoms with Crippen LogP contribution in [0.2, 0.25) is 5.02 Å². The van der Waals surface area contributed by atoms with E-state index in [9.17, 15) is 5.11 Å². The van der Waals surface area contributed by atoms with Gasteiger partial charge in [-0.15, -0.1) is 12.3 Å². The van der Waals surface area contributed by atoms with Crippen LogP contribution in [0.1, 0.15) is 18.1 Å². The third-order valence-corrected chi connectivity index (χ3v) is 4.08. The fraction of sp³-hybridized carbons (Fsp3) is 0.500. The number of piperazine rings is 1. The molecule has 1 unspecified atom stereocenters. The van der Waals surface area contributed by atoms with Gasteiger partial charge in [0.1, 0.15) is 0 Å². The molecule has 0 amide bonds. The SMILES string of the molecule is C#CCCN1CCN(CC(O)c2ccccc2Cl)CC1. The van der Waals surface area contributed by atoms with E-state index in [0.717, 1.165) is 44.7 Å². The molecule has 20 heavy (non-hydrogen) atoms. The summed E-state index contributed by atoms with van der Waals surface area (Å²) in [6, 6.07) is 7.49. The third-order valence-electron chi connectivity index (χ3n) is 3.73. The number of aliphatic hydroxyl groups is 1. The lowest BCUT2D eigenvalue weighted by atomic mass is 10.1. The highest BCUT2D eigenvalue weighted by molar-refractivity contribution is 6.31. The zero-order chi connectivity index (χ0) is 14.4. The summed E-state index contributed by atoms with van der Waals surface area (Å²) < 4.78 is 0. The second-order valence-electron chi connectivity index (χ2n) is 5.13. The van der Waals surface area contributed by atoms with E-state index in [2.05, 4.69) is 15.7 Å². The smallest absolute Gasteiger partial charge is 0.0931 e. The van der Waals surface area contributed by atoms with Crippen LogP contribution in [0.3, 0.4) is 0 Å². The molecule has 0 spiro atoms. The first-order valence-electron chi connectivity index (χ1n) is 7.01. The van der Waals surface area contributed by atoms with Crippen LogP contribution in [-0.4, -0.2) is 54.2 Å². The number of β-amino-alcohol motifs (C(OH)–C–C–N with tert-alkyl or cyclic N) is 1. The predicted molar refractivity (Wildman–Crippen MR) is 82.7 cm³/mol. The Bertz CT molecular complexity index is 464. The van der Waals surface area contributed by atoms with Gasteiger partial charge in [-0.2, -0.15) is 0 Å². The second-order valence-corrected chi connectivity index (χ2v) is 5.54.